The number of β-amino-alcohol motifs (C(OH)–C–C–N with tert-alkyl or cyclic N) is 1. The van der Waals surface area contributed by atoms with E-state index in [1.807, 2.05) is 6.07 Å². The maximum absolute atomic E-state index is 12.3. The molecule has 5 atom stereocenters. The Bertz CT molecular complexity index is 1450. The maximum Gasteiger partial charge on any atom is 0.223 e. The number of likely N-dealkylation sites (tertiary alicyclic amines) is 1. The summed E-state index contributed by atoms with van der Waals surface area (Å²) >= 11 is 6.63. The number of anilines is 1. The predicted octanol–water partition coefficient (Wildman–Crippen LogP) is 3.56. The number of nitrogens with zero attached hydrogens (tertiary/aromatic N) is 3. The fraction of sp³-hybridized carbons (Fsp3) is 0.500. The Morgan fingerprint density at radius 2 is 2.05 bits per heavy atom. The predicted molar refractivity (Wildman–Crippen MR) is 158 cm³/mol. The van der Waals surface area contributed by atoms with Crippen LogP contribution in [-0.2, 0) is 9.53 Å². The number of fused-ring (bicyclic) bond motifs is 3. The van der Waals surface area contributed by atoms with Gasteiger partial charge in [0.15, 0.2) is 5.65 Å². The first kappa shape index (κ1) is 28.0. The van der Waals surface area contributed by atoms with Gasteiger partial charge in [0.25, 0.3) is 0 Å². The number of hydrogen-bond donors (Lipinski definition) is 4. The zero-order chi connectivity index (χ0) is 28.7. The summed E-state index contributed by atoms with van der Waals surface area (Å²) < 4.78 is 10.9. The third-order valence-electron chi connectivity index (χ3n) is 8.94. The SMILES string of the molecule is COCC(O)CN1CCC(c2ccc(-c3nc4ncc(Cl)c(N[C@H]5[C@@H](C(N)=O)[C@@H]6C=C[C@H]5C6)c4[nH]3)c(OC)c2)CC1. The molecule has 6 rings (SSSR count). The van der Waals surface area contributed by atoms with Crippen LogP contribution in [0.15, 0.2) is 36.5 Å². The van der Waals surface area contributed by atoms with Crippen LogP contribution in [0.4, 0.5) is 5.69 Å². The first-order valence-corrected chi connectivity index (χ1v) is 14.6. The quantitative estimate of drug-likeness (QED) is 0.267. The number of rotatable bonds is 10. The molecule has 0 spiro atoms. The fourth-order valence-electron chi connectivity index (χ4n) is 6.93. The van der Waals surface area contributed by atoms with E-state index < -0.39 is 6.10 Å². The molecule has 2 aliphatic carbocycles. The number of H-pyrrole nitrogens is 1. The highest BCUT2D eigenvalue weighted by atomic mass is 35.5. The Hall–Kier alpha value is -3.18. The number of benzene rings is 1. The number of aromatic amines is 1. The lowest BCUT2D eigenvalue weighted by Gasteiger charge is -2.33. The first-order chi connectivity index (χ1) is 19.9. The van der Waals surface area contributed by atoms with Crippen molar-refractivity contribution in [1.82, 2.24) is 19.9 Å². The molecule has 1 aliphatic heterocycles. The van der Waals surface area contributed by atoms with E-state index in [4.69, 9.17) is 31.8 Å². The fourth-order valence-corrected chi connectivity index (χ4v) is 7.12. The standard InChI is InChI=1S/C30H37ClN6O4/c1-40-15-20(38)14-37-9-7-16(8-10-37)17-5-6-21(23(12-17)41-2)29-35-27-26(22(31)13-33-30(27)36-29)34-25-19-4-3-18(11-19)24(25)28(32)39/h3-6,12-13,16,18-20,24-25,38H,7-11,14-15H2,1-2H3,(H2,32,39)(H2,33,34,35,36)/t18-,19+,20?,24+,25-/m1/s1. The molecular formula is C30H37ClN6O4. The molecular weight excluding hydrogens is 544 g/mol. The average molecular weight is 581 g/mol. The van der Waals surface area contributed by atoms with Crippen LogP contribution >= 0.6 is 11.6 Å². The van der Waals surface area contributed by atoms with Crippen LogP contribution in [0.3, 0.4) is 0 Å². The number of pyridine rings is 1. The topological polar surface area (TPSA) is 139 Å². The zero-order valence-corrected chi connectivity index (χ0v) is 24.1. The molecule has 218 valence electrons. The van der Waals surface area contributed by atoms with E-state index in [0.717, 1.165) is 43.7 Å². The minimum atomic E-state index is -0.463. The van der Waals surface area contributed by atoms with Gasteiger partial charge in [-0.15, -0.1) is 0 Å². The number of halogens is 1. The molecule has 3 aliphatic rings. The van der Waals surface area contributed by atoms with E-state index in [1.54, 1.807) is 20.4 Å². The van der Waals surface area contributed by atoms with Crippen LogP contribution in [0, 0.1) is 17.8 Å². The Labute approximate surface area is 244 Å². The Kier molecular flexibility index (Phi) is 7.91. The van der Waals surface area contributed by atoms with Gasteiger partial charge in [-0.05, 0) is 67.8 Å². The van der Waals surface area contributed by atoms with E-state index in [1.165, 1.54) is 5.56 Å². The number of imidazole rings is 1. The number of amides is 1. The van der Waals surface area contributed by atoms with Crippen LogP contribution in [0.25, 0.3) is 22.6 Å². The van der Waals surface area contributed by atoms with Crippen LogP contribution < -0.4 is 15.8 Å². The van der Waals surface area contributed by atoms with E-state index in [2.05, 4.69) is 44.5 Å². The zero-order valence-electron chi connectivity index (χ0n) is 23.3. The highest BCUT2D eigenvalue weighted by molar-refractivity contribution is 6.34. The van der Waals surface area contributed by atoms with Gasteiger partial charge in [0.1, 0.15) is 17.1 Å². The molecule has 3 aromatic rings. The number of piperidine rings is 1. The third-order valence-corrected chi connectivity index (χ3v) is 9.23. The first-order valence-electron chi connectivity index (χ1n) is 14.2. The Morgan fingerprint density at radius 1 is 1.27 bits per heavy atom. The molecule has 2 bridgehead atoms. The number of allylic oxidation sites excluding steroid dienone is 1. The minimum Gasteiger partial charge on any atom is -0.496 e. The highest BCUT2D eigenvalue weighted by Crippen LogP contribution is 2.46. The number of nitrogens with one attached hydrogen (secondary N) is 2. The molecule has 1 amide bonds. The number of aliphatic hydroxyl groups is 1. The van der Waals surface area contributed by atoms with Gasteiger partial charge < -0.3 is 35.5 Å². The second-order valence-corrected chi connectivity index (χ2v) is 11.9. The highest BCUT2D eigenvalue weighted by Gasteiger charge is 2.47. The molecule has 5 N–H and O–H groups in total. The second kappa shape index (κ2) is 11.6. The summed E-state index contributed by atoms with van der Waals surface area (Å²) in [5.41, 5.74) is 9.71. The summed E-state index contributed by atoms with van der Waals surface area (Å²) in [5.74, 6) is 1.55. The summed E-state index contributed by atoms with van der Waals surface area (Å²) in [6.07, 6.45) is 8.30. The molecule has 2 fully saturated rings. The van der Waals surface area contributed by atoms with Crippen LogP contribution in [0.5, 0.6) is 5.75 Å². The Morgan fingerprint density at radius 3 is 2.78 bits per heavy atom. The van der Waals surface area contributed by atoms with Crippen molar-refractivity contribution in [3.05, 3.63) is 47.1 Å². The largest absolute Gasteiger partial charge is 0.496 e. The maximum atomic E-state index is 12.3. The molecule has 0 radical (unpaired) electrons. The lowest BCUT2D eigenvalue weighted by Crippen LogP contribution is -2.41. The van der Waals surface area contributed by atoms with Gasteiger partial charge >= 0.3 is 0 Å². The van der Waals surface area contributed by atoms with Gasteiger partial charge in [-0.2, -0.15) is 0 Å². The van der Waals surface area contributed by atoms with Crippen molar-refractivity contribution >= 4 is 34.4 Å². The number of aromatic nitrogens is 3. The number of carbonyl (C=O) groups is 1. The second-order valence-electron chi connectivity index (χ2n) is 11.5. The third kappa shape index (κ3) is 5.41. The minimum absolute atomic E-state index is 0.138. The smallest absolute Gasteiger partial charge is 0.223 e. The molecule has 1 aromatic carbocycles. The number of methoxy groups -OCH3 is 2. The molecule has 1 saturated heterocycles. The number of ether oxygens (including phenoxy) is 2. The molecule has 10 nitrogen and oxygen atoms in total. The summed E-state index contributed by atoms with van der Waals surface area (Å²) in [6, 6.07) is 6.14. The monoisotopic (exact) mass is 580 g/mol. The van der Waals surface area contributed by atoms with E-state index in [9.17, 15) is 9.90 Å². The lowest BCUT2D eigenvalue weighted by atomic mass is 9.88. The summed E-state index contributed by atoms with van der Waals surface area (Å²) in [5, 5.41) is 14.1. The van der Waals surface area contributed by atoms with Gasteiger partial charge in [0, 0.05) is 19.7 Å². The van der Waals surface area contributed by atoms with Gasteiger partial charge in [0.2, 0.25) is 5.91 Å². The summed E-state index contributed by atoms with van der Waals surface area (Å²) in [4.78, 5) is 27.2. The lowest BCUT2D eigenvalue weighted by molar-refractivity contribution is -0.122. The molecule has 2 aromatic heterocycles. The van der Waals surface area contributed by atoms with Crippen LogP contribution in [-0.4, -0.2) is 83.5 Å². The van der Waals surface area contributed by atoms with Crippen LogP contribution in [0.1, 0.15) is 30.7 Å². The van der Waals surface area contributed by atoms with Gasteiger partial charge in [-0.3, -0.25) is 4.79 Å². The van der Waals surface area contributed by atoms with Crippen molar-refractivity contribution in [2.75, 3.05) is 45.8 Å². The summed E-state index contributed by atoms with van der Waals surface area (Å²) in [6.45, 7) is 2.84. The van der Waals surface area contributed by atoms with Crippen molar-refractivity contribution in [1.29, 1.82) is 0 Å². The van der Waals surface area contributed by atoms with Crippen molar-refractivity contribution in [3.8, 4) is 17.1 Å². The van der Waals surface area contributed by atoms with Crippen molar-refractivity contribution in [3.63, 3.8) is 0 Å². The normalized spacial score (nSPS) is 25.2. The summed E-state index contributed by atoms with van der Waals surface area (Å²) in [7, 11) is 3.27. The number of primary amides is 1. The Balaban J connectivity index is 1.23. The molecule has 1 unspecified atom stereocenters. The van der Waals surface area contributed by atoms with Crippen molar-refractivity contribution in [2.45, 2.75) is 37.3 Å². The molecule has 11 heteroatoms. The molecule has 41 heavy (non-hydrogen) atoms. The number of nitrogens with two attached hydrogens (primary N) is 1. The van der Waals surface area contributed by atoms with Crippen molar-refractivity contribution < 1.29 is 19.4 Å². The number of carbonyl (C=O) groups excluding carboxylic acids is 1. The van der Waals surface area contributed by atoms with Gasteiger partial charge in [-0.1, -0.05) is 29.8 Å². The van der Waals surface area contributed by atoms with Crippen LogP contribution in [0.2, 0.25) is 5.02 Å². The van der Waals surface area contributed by atoms with Gasteiger partial charge in [-0.25, -0.2) is 9.97 Å². The van der Waals surface area contributed by atoms with Crippen molar-refractivity contribution in [2.24, 2.45) is 23.5 Å². The number of aliphatic hydroxyl groups excluding tert-OH is 1. The van der Waals surface area contributed by atoms with Gasteiger partial charge in [0.05, 0.1) is 48.2 Å². The average Bonchev–Trinajstić information content (AvgIpc) is 3.70. The van der Waals surface area contributed by atoms with E-state index in [-0.39, 0.29) is 29.7 Å². The van der Waals surface area contributed by atoms with E-state index >= 15 is 0 Å². The molecule has 3 heterocycles. The van der Waals surface area contributed by atoms with E-state index in [0.29, 0.717) is 46.8 Å². The number of hydrogen-bond acceptors (Lipinski definition) is 8. The molecule has 1 saturated carbocycles.